The number of methoxy groups -OCH3 is 1. The summed E-state index contributed by atoms with van der Waals surface area (Å²) in [5, 5.41) is 3.73. The summed E-state index contributed by atoms with van der Waals surface area (Å²) in [5.74, 6) is 0.356. The zero-order valence-corrected chi connectivity index (χ0v) is 16.6. The van der Waals surface area contributed by atoms with E-state index in [9.17, 15) is 4.79 Å². The third-order valence-electron chi connectivity index (χ3n) is 4.98. The maximum Gasteiger partial charge on any atom is 0.256 e. The van der Waals surface area contributed by atoms with Crippen molar-refractivity contribution >= 4 is 22.6 Å². The van der Waals surface area contributed by atoms with E-state index in [2.05, 4.69) is 10.3 Å². The Hall–Kier alpha value is -3.12. The molecule has 1 amide bonds. The summed E-state index contributed by atoms with van der Waals surface area (Å²) in [6.07, 6.45) is 2.05. The predicted octanol–water partition coefficient (Wildman–Crippen LogP) is 3.89. The first kappa shape index (κ1) is 19.2. The van der Waals surface area contributed by atoms with E-state index in [0.717, 1.165) is 30.4 Å². The van der Waals surface area contributed by atoms with E-state index in [0.29, 0.717) is 29.1 Å². The molecule has 1 unspecified atom stereocenters. The number of hydrogen-bond acceptors (Lipinski definition) is 5. The minimum absolute atomic E-state index is 0.0638. The average Bonchev–Trinajstić information content (AvgIpc) is 3.26. The standard InChI is InChI=1S/C23H24N2O4/c1-15-8-10-17(11-9-15)25-23-19(22(26)24-14-18-6-4-12-28-18)13-16-5-3-7-20(27-2)21(16)29-23/h3,5,7-11,13,18H,4,6,12,14H2,1-2H3,(H,24,26). The second-order valence-electron chi connectivity index (χ2n) is 7.14. The van der Waals surface area contributed by atoms with Crippen LogP contribution in [0.25, 0.3) is 11.0 Å². The summed E-state index contributed by atoms with van der Waals surface area (Å²) in [4.78, 5) is 17.5. The Morgan fingerprint density at radius 2 is 2.07 bits per heavy atom. The minimum atomic E-state index is -0.236. The Morgan fingerprint density at radius 1 is 1.24 bits per heavy atom. The molecular weight excluding hydrogens is 368 g/mol. The first-order chi connectivity index (χ1) is 14.1. The van der Waals surface area contributed by atoms with Gasteiger partial charge in [0.05, 0.1) is 18.9 Å². The summed E-state index contributed by atoms with van der Waals surface area (Å²) in [7, 11) is 1.59. The van der Waals surface area contributed by atoms with Gasteiger partial charge < -0.3 is 19.2 Å². The van der Waals surface area contributed by atoms with E-state index >= 15 is 0 Å². The first-order valence-corrected chi connectivity index (χ1v) is 9.76. The fraction of sp³-hybridized carbons (Fsp3) is 0.304. The lowest BCUT2D eigenvalue weighted by atomic mass is 10.1. The number of rotatable bonds is 5. The zero-order valence-electron chi connectivity index (χ0n) is 16.6. The van der Waals surface area contributed by atoms with Crippen molar-refractivity contribution in [3.63, 3.8) is 0 Å². The number of amides is 1. The van der Waals surface area contributed by atoms with Gasteiger partial charge in [0.15, 0.2) is 11.3 Å². The highest BCUT2D eigenvalue weighted by atomic mass is 16.5. The Balaban J connectivity index is 1.77. The lowest BCUT2D eigenvalue weighted by Crippen LogP contribution is -2.34. The monoisotopic (exact) mass is 392 g/mol. The molecule has 29 heavy (non-hydrogen) atoms. The van der Waals surface area contributed by atoms with Gasteiger partial charge in [0.25, 0.3) is 5.91 Å². The van der Waals surface area contributed by atoms with E-state index in [4.69, 9.17) is 13.9 Å². The van der Waals surface area contributed by atoms with Gasteiger partial charge in [-0.1, -0.05) is 29.8 Å². The highest BCUT2D eigenvalue weighted by Gasteiger charge is 2.19. The highest BCUT2D eigenvalue weighted by molar-refractivity contribution is 5.97. The van der Waals surface area contributed by atoms with Crippen LogP contribution in [0.4, 0.5) is 5.69 Å². The SMILES string of the molecule is COc1cccc2cc(C(=O)NCC3CCCO3)c(=Nc3ccc(C)cc3)oc12. The number of aryl methyl sites for hydroxylation is 1. The molecule has 0 spiro atoms. The van der Waals surface area contributed by atoms with Crippen molar-refractivity contribution in [2.24, 2.45) is 4.99 Å². The molecule has 2 heterocycles. The number of benzene rings is 2. The van der Waals surface area contributed by atoms with Crippen LogP contribution in [0.1, 0.15) is 28.8 Å². The first-order valence-electron chi connectivity index (χ1n) is 9.76. The predicted molar refractivity (Wildman–Crippen MR) is 110 cm³/mol. The van der Waals surface area contributed by atoms with Crippen LogP contribution in [0, 0.1) is 6.92 Å². The molecule has 1 N–H and O–H groups in total. The van der Waals surface area contributed by atoms with Gasteiger partial charge in [-0.3, -0.25) is 4.79 Å². The molecule has 0 saturated carbocycles. The molecule has 1 aliphatic rings. The molecule has 0 radical (unpaired) electrons. The van der Waals surface area contributed by atoms with E-state index in [-0.39, 0.29) is 17.6 Å². The second kappa shape index (κ2) is 8.49. The van der Waals surface area contributed by atoms with Crippen molar-refractivity contribution in [2.75, 3.05) is 20.3 Å². The topological polar surface area (TPSA) is 73.1 Å². The molecule has 0 aliphatic carbocycles. The van der Waals surface area contributed by atoms with Gasteiger partial charge in [-0.15, -0.1) is 0 Å². The third-order valence-corrected chi connectivity index (χ3v) is 4.98. The van der Waals surface area contributed by atoms with Crippen LogP contribution in [0.15, 0.2) is 57.9 Å². The van der Waals surface area contributed by atoms with Crippen molar-refractivity contribution < 1.29 is 18.7 Å². The van der Waals surface area contributed by atoms with Crippen LogP contribution in [0.5, 0.6) is 5.75 Å². The number of ether oxygens (including phenoxy) is 2. The van der Waals surface area contributed by atoms with Crippen LogP contribution < -0.4 is 15.6 Å². The smallest absolute Gasteiger partial charge is 0.256 e. The van der Waals surface area contributed by atoms with Crippen LogP contribution >= 0.6 is 0 Å². The molecule has 1 aromatic heterocycles. The number of nitrogens with zero attached hydrogens (tertiary/aromatic N) is 1. The molecule has 0 bridgehead atoms. The van der Waals surface area contributed by atoms with Crippen LogP contribution in [-0.2, 0) is 4.74 Å². The maximum atomic E-state index is 12.9. The Morgan fingerprint density at radius 3 is 2.79 bits per heavy atom. The Bertz CT molecular complexity index is 1080. The quantitative estimate of drug-likeness (QED) is 0.715. The van der Waals surface area contributed by atoms with E-state index in [1.165, 1.54) is 0 Å². The van der Waals surface area contributed by atoms with E-state index in [1.807, 2.05) is 49.4 Å². The molecule has 4 rings (SSSR count). The molecule has 6 heteroatoms. The van der Waals surface area contributed by atoms with Crippen molar-refractivity contribution in [1.29, 1.82) is 0 Å². The number of para-hydroxylation sites is 1. The molecule has 6 nitrogen and oxygen atoms in total. The molecule has 1 aliphatic heterocycles. The summed E-state index contributed by atoms with van der Waals surface area (Å²) >= 11 is 0. The fourth-order valence-electron chi connectivity index (χ4n) is 3.37. The Kier molecular flexibility index (Phi) is 5.62. The van der Waals surface area contributed by atoms with Gasteiger partial charge in [0.2, 0.25) is 5.55 Å². The molecule has 1 fully saturated rings. The van der Waals surface area contributed by atoms with E-state index < -0.39 is 0 Å². The fourth-order valence-corrected chi connectivity index (χ4v) is 3.37. The summed E-state index contributed by atoms with van der Waals surface area (Å²) in [6, 6.07) is 15.1. The number of nitrogens with one attached hydrogen (secondary N) is 1. The molecule has 3 aromatic rings. The van der Waals surface area contributed by atoms with Crippen molar-refractivity contribution in [1.82, 2.24) is 5.32 Å². The Labute approximate surface area is 169 Å². The minimum Gasteiger partial charge on any atom is -0.493 e. The highest BCUT2D eigenvalue weighted by Crippen LogP contribution is 2.25. The van der Waals surface area contributed by atoms with Crippen LogP contribution in [0.2, 0.25) is 0 Å². The lowest BCUT2D eigenvalue weighted by molar-refractivity contribution is 0.0854. The largest absolute Gasteiger partial charge is 0.493 e. The average molecular weight is 392 g/mol. The van der Waals surface area contributed by atoms with Gasteiger partial charge >= 0.3 is 0 Å². The normalized spacial score (nSPS) is 16.9. The van der Waals surface area contributed by atoms with Gasteiger partial charge in [0, 0.05) is 18.5 Å². The zero-order chi connectivity index (χ0) is 20.2. The number of carbonyl (C=O) groups is 1. The number of carbonyl (C=O) groups excluding carboxylic acids is 1. The molecule has 1 saturated heterocycles. The third kappa shape index (κ3) is 4.32. The van der Waals surface area contributed by atoms with Crippen LogP contribution in [0.3, 0.4) is 0 Å². The van der Waals surface area contributed by atoms with Crippen molar-refractivity contribution in [3.05, 3.63) is 65.2 Å². The van der Waals surface area contributed by atoms with Crippen molar-refractivity contribution in [3.8, 4) is 5.75 Å². The van der Waals surface area contributed by atoms with Gasteiger partial charge in [0.1, 0.15) is 5.56 Å². The maximum absolute atomic E-state index is 12.9. The molecule has 150 valence electrons. The number of fused-ring (bicyclic) bond motifs is 1. The lowest BCUT2D eigenvalue weighted by Gasteiger charge is -2.12. The summed E-state index contributed by atoms with van der Waals surface area (Å²) < 4.78 is 17.1. The molecular formula is C23H24N2O4. The summed E-state index contributed by atoms with van der Waals surface area (Å²) in [5.41, 5.74) is 3.02. The van der Waals surface area contributed by atoms with E-state index in [1.54, 1.807) is 13.2 Å². The summed E-state index contributed by atoms with van der Waals surface area (Å²) in [6.45, 7) is 3.23. The number of hydrogen-bond donors (Lipinski definition) is 1. The van der Waals surface area contributed by atoms with Gasteiger partial charge in [-0.2, -0.15) is 0 Å². The van der Waals surface area contributed by atoms with Crippen LogP contribution in [-0.4, -0.2) is 32.3 Å². The van der Waals surface area contributed by atoms with Crippen molar-refractivity contribution in [2.45, 2.75) is 25.9 Å². The van der Waals surface area contributed by atoms with Gasteiger partial charge in [-0.05, 0) is 44.0 Å². The molecule has 1 atom stereocenters. The van der Waals surface area contributed by atoms with Gasteiger partial charge in [-0.25, -0.2) is 4.99 Å². The second-order valence-corrected chi connectivity index (χ2v) is 7.14. The molecule has 2 aromatic carbocycles.